The first-order chi connectivity index (χ1) is 6.26. The van der Waals surface area contributed by atoms with Gasteiger partial charge in [-0.3, -0.25) is 0 Å². The van der Waals surface area contributed by atoms with Gasteiger partial charge in [-0.25, -0.2) is 4.79 Å². The first-order valence-electron chi connectivity index (χ1n) is 4.79. The molecule has 1 rings (SSSR count). The van der Waals surface area contributed by atoms with Crippen LogP contribution in [0, 0.1) is 0 Å². The number of rotatable bonds is 1. The average molecular weight is 201 g/mol. The van der Waals surface area contributed by atoms with Gasteiger partial charge in [0.15, 0.2) is 0 Å². The van der Waals surface area contributed by atoms with Crippen LogP contribution in [0.4, 0.5) is 4.79 Å². The molecule has 1 heterocycles. The smallest absolute Gasteiger partial charge is 0.410 e. The molecule has 0 aromatic heterocycles. The Hall–Kier alpha value is -0.770. The summed E-state index contributed by atoms with van der Waals surface area (Å²) in [6, 6.07) is 0. The third-order valence-corrected chi connectivity index (χ3v) is 2.20. The Labute approximate surface area is 85.2 Å². The minimum Gasteiger partial charge on any atom is -0.444 e. The van der Waals surface area contributed by atoms with E-state index in [1.54, 1.807) is 12.0 Å². The fourth-order valence-corrected chi connectivity index (χ4v) is 1.35. The molecule has 0 spiro atoms. The van der Waals surface area contributed by atoms with Crippen LogP contribution < -0.4 is 0 Å². The molecule has 0 bridgehead atoms. The topological polar surface area (TPSA) is 38.8 Å². The van der Waals surface area contributed by atoms with E-state index in [-0.39, 0.29) is 11.7 Å². The van der Waals surface area contributed by atoms with Gasteiger partial charge in [-0.1, -0.05) is 0 Å². The predicted octanol–water partition coefficient (Wildman–Crippen LogP) is 1.64. The number of carbonyl (C=O) groups excluding carboxylic acids is 1. The number of hydrogen-bond donors (Lipinski definition) is 0. The molecular formula is C10H19NO3. The second kappa shape index (κ2) is 3.42. The van der Waals surface area contributed by atoms with Gasteiger partial charge < -0.3 is 14.4 Å². The van der Waals surface area contributed by atoms with E-state index in [1.165, 1.54) is 0 Å². The Bertz CT molecular complexity index is 226. The minimum atomic E-state index is -0.420. The number of carbonyl (C=O) groups is 1. The maximum absolute atomic E-state index is 11.5. The van der Waals surface area contributed by atoms with Crippen LogP contribution in [0.2, 0.25) is 0 Å². The van der Waals surface area contributed by atoms with E-state index in [1.807, 2.05) is 27.7 Å². The highest BCUT2D eigenvalue weighted by Gasteiger charge is 2.43. The minimum absolute atomic E-state index is 0.184. The average Bonchev–Trinajstić information content (AvgIpc) is 1.95. The lowest BCUT2D eigenvalue weighted by molar-refractivity contribution is -0.109. The number of hydrogen-bond acceptors (Lipinski definition) is 3. The molecule has 1 amide bonds. The molecule has 4 heteroatoms. The summed E-state index contributed by atoms with van der Waals surface area (Å²) in [5, 5.41) is 0. The zero-order valence-corrected chi connectivity index (χ0v) is 9.59. The summed E-state index contributed by atoms with van der Waals surface area (Å²) in [4.78, 5) is 13.1. The summed E-state index contributed by atoms with van der Waals surface area (Å²) in [5.74, 6) is 0. The summed E-state index contributed by atoms with van der Waals surface area (Å²) < 4.78 is 10.4. The Kier molecular flexibility index (Phi) is 2.76. The van der Waals surface area contributed by atoms with E-state index in [4.69, 9.17) is 9.47 Å². The SMILES string of the molecule is COC1(C)CN(C(=O)OC(C)(C)C)C1. The lowest BCUT2D eigenvalue weighted by Crippen LogP contribution is -2.63. The van der Waals surface area contributed by atoms with Crippen molar-refractivity contribution in [3.8, 4) is 0 Å². The highest BCUT2D eigenvalue weighted by molar-refractivity contribution is 5.69. The molecule has 0 atom stereocenters. The van der Waals surface area contributed by atoms with Gasteiger partial charge in [-0.2, -0.15) is 0 Å². The molecular weight excluding hydrogens is 182 g/mol. The van der Waals surface area contributed by atoms with Crippen molar-refractivity contribution in [2.24, 2.45) is 0 Å². The maximum Gasteiger partial charge on any atom is 0.410 e. The highest BCUT2D eigenvalue weighted by Crippen LogP contribution is 2.25. The molecule has 0 N–H and O–H groups in total. The molecule has 0 saturated carbocycles. The van der Waals surface area contributed by atoms with Crippen LogP contribution in [0.1, 0.15) is 27.7 Å². The summed E-state index contributed by atoms with van der Waals surface area (Å²) in [5.41, 5.74) is -0.604. The van der Waals surface area contributed by atoms with Crippen LogP contribution in [0.5, 0.6) is 0 Å². The van der Waals surface area contributed by atoms with Gasteiger partial charge in [0.2, 0.25) is 0 Å². The molecule has 0 unspecified atom stereocenters. The Morgan fingerprint density at radius 1 is 1.36 bits per heavy atom. The molecule has 1 fully saturated rings. The molecule has 1 aliphatic rings. The molecule has 0 radical (unpaired) electrons. The summed E-state index contributed by atoms with van der Waals surface area (Å²) in [6.07, 6.45) is -0.257. The van der Waals surface area contributed by atoms with Gasteiger partial charge in [0.05, 0.1) is 13.1 Å². The summed E-state index contributed by atoms with van der Waals surface area (Å²) in [7, 11) is 1.66. The van der Waals surface area contributed by atoms with Gasteiger partial charge in [0.25, 0.3) is 0 Å². The second-order valence-electron chi connectivity index (χ2n) is 4.99. The van der Waals surface area contributed by atoms with E-state index in [0.717, 1.165) is 0 Å². The predicted molar refractivity (Wildman–Crippen MR) is 53.2 cm³/mol. The Balaban J connectivity index is 2.37. The molecule has 0 aromatic rings. The van der Waals surface area contributed by atoms with Crippen LogP contribution in [0.25, 0.3) is 0 Å². The van der Waals surface area contributed by atoms with E-state index < -0.39 is 5.60 Å². The molecule has 0 aliphatic carbocycles. The summed E-state index contributed by atoms with van der Waals surface area (Å²) >= 11 is 0. The number of nitrogens with zero attached hydrogens (tertiary/aromatic N) is 1. The van der Waals surface area contributed by atoms with Crippen molar-refractivity contribution in [3.05, 3.63) is 0 Å². The standard InChI is InChI=1S/C10H19NO3/c1-9(2,3)14-8(12)11-6-10(4,7-11)13-5/h6-7H2,1-5H3. The number of methoxy groups -OCH3 is 1. The molecule has 0 aromatic carbocycles. The zero-order valence-electron chi connectivity index (χ0n) is 9.59. The third kappa shape index (κ3) is 2.61. The zero-order chi connectivity index (χ0) is 11.0. The quantitative estimate of drug-likeness (QED) is 0.647. The third-order valence-electron chi connectivity index (χ3n) is 2.20. The Morgan fingerprint density at radius 3 is 2.21 bits per heavy atom. The number of likely N-dealkylation sites (tertiary alicyclic amines) is 1. The second-order valence-corrected chi connectivity index (χ2v) is 4.99. The first-order valence-corrected chi connectivity index (χ1v) is 4.79. The van der Waals surface area contributed by atoms with Gasteiger partial charge >= 0.3 is 6.09 Å². The van der Waals surface area contributed by atoms with E-state index in [9.17, 15) is 4.79 Å². The summed E-state index contributed by atoms with van der Waals surface area (Å²) in [6.45, 7) is 8.78. The van der Waals surface area contributed by atoms with Gasteiger partial charge in [-0.05, 0) is 27.7 Å². The first kappa shape index (κ1) is 11.3. The van der Waals surface area contributed by atoms with Crippen LogP contribution in [0.3, 0.4) is 0 Å². The van der Waals surface area contributed by atoms with E-state index in [2.05, 4.69) is 0 Å². The fraction of sp³-hybridized carbons (Fsp3) is 0.900. The van der Waals surface area contributed by atoms with Crippen molar-refractivity contribution in [1.29, 1.82) is 0 Å². The largest absolute Gasteiger partial charge is 0.444 e. The maximum atomic E-state index is 11.5. The lowest BCUT2D eigenvalue weighted by Gasteiger charge is -2.46. The fourth-order valence-electron chi connectivity index (χ4n) is 1.35. The van der Waals surface area contributed by atoms with Crippen molar-refractivity contribution in [3.63, 3.8) is 0 Å². The van der Waals surface area contributed by atoms with Crippen molar-refractivity contribution in [2.45, 2.75) is 38.9 Å². The van der Waals surface area contributed by atoms with Crippen LogP contribution in [-0.4, -0.2) is 42.4 Å². The number of ether oxygens (including phenoxy) is 2. The number of amides is 1. The molecule has 4 nitrogen and oxygen atoms in total. The monoisotopic (exact) mass is 201 g/mol. The Morgan fingerprint density at radius 2 is 1.86 bits per heavy atom. The van der Waals surface area contributed by atoms with Gasteiger partial charge in [0.1, 0.15) is 11.2 Å². The van der Waals surface area contributed by atoms with Crippen molar-refractivity contribution < 1.29 is 14.3 Å². The molecule has 14 heavy (non-hydrogen) atoms. The highest BCUT2D eigenvalue weighted by atomic mass is 16.6. The molecule has 1 saturated heterocycles. The van der Waals surface area contributed by atoms with Crippen molar-refractivity contribution >= 4 is 6.09 Å². The molecule has 1 aliphatic heterocycles. The van der Waals surface area contributed by atoms with Gasteiger partial charge in [-0.15, -0.1) is 0 Å². The van der Waals surface area contributed by atoms with Crippen molar-refractivity contribution in [1.82, 2.24) is 4.90 Å². The van der Waals surface area contributed by atoms with E-state index in [0.29, 0.717) is 13.1 Å². The molecule has 82 valence electrons. The normalized spacial score (nSPS) is 20.2. The van der Waals surface area contributed by atoms with Crippen LogP contribution in [-0.2, 0) is 9.47 Å². The van der Waals surface area contributed by atoms with E-state index >= 15 is 0 Å². The van der Waals surface area contributed by atoms with Crippen LogP contribution >= 0.6 is 0 Å². The van der Waals surface area contributed by atoms with Crippen LogP contribution in [0.15, 0.2) is 0 Å². The van der Waals surface area contributed by atoms with Crippen molar-refractivity contribution in [2.75, 3.05) is 20.2 Å². The van der Waals surface area contributed by atoms with Gasteiger partial charge in [0, 0.05) is 7.11 Å². The lowest BCUT2D eigenvalue weighted by atomic mass is 9.97.